The number of hydrogen-bond acceptors (Lipinski definition) is 3. The van der Waals surface area contributed by atoms with Crippen molar-refractivity contribution < 1.29 is 10.2 Å². The number of thiocarbonyl (C=S) groups is 1. The number of para-hydroxylation sites is 1. The standard InChI is InChI=1S/C15H15ClN2O2S/c1-9(19)12-7-11(8-13(16)14(12)20)18-15(21)17-10-5-3-2-4-6-10/h2-9,19-20H,1H3,(H2,17,18,21). The molecular weight excluding hydrogens is 308 g/mol. The van der Waals surface area contributed by atoms with Crippen LogP contribution in [0.2, 0.25) is 5.02 Å². The van der Waals surface area contributed by atoms with E-state index in [-0.39, 0.29) is 10.8 Å². The number of benzene rings is 2. The lowest BCUT2D eigenvalue weighted by molar-refractivity contribution is 0.195. The molecule has 0 fully saturated rings. The molecule has 21 heavy (non-hydrogen) atoms. The maximum Gasteiger partial charge on any atom is 0.175 e. The van der Waals surface area contributed by atoms with Gasteiger partial charge in [-0.15, -0.1) is 0 Å². The smallest absolute Gasteiger partial charge is 0.175 e. The first-order valence-electron chi connectivity index (χ1n) is 6.31. The van der Waals surface area contributed by atoms with E-state index >= 15 is 0 Å². The predicted molar refractivity (Wildman–Crippen MR) is 90.0 cm³/mol. The molecule has 0 saturated carbocycles. The summed E-state index contributed by atoms with van der Waals surface area (Å²) in [5, 5.41) is 26.0. The van der Waals surface area contributed by atoms with Crippen molar-refractivity contribution >= 4 is 40.3 Å². The molecule has 0 spiro atoms. The molecular formula is C15H15ClN2O2S. The van der Waals surface area contributed by atoms with Crippen LogP contribution in [0.15, 0.2) is 42.5 Å². The van der Waals surface area contributed by atoms with E-state index in [9.17, 15) is 10.2 Å². The SMILES string of the molecule is CC(O)c1cc(NC(=S)Nc2ccccc2)cc(Cl)c1O. The van der Waals surface area contributed by atoms with Crippen molar-refractivity contribution in [3.8, 4) is 5.75 Å². The van der Waals surface area contributed by atoms with Crippen LogP contribution in [0.4, 0.5) is 11.4 Å². The predicted octanol–water partition coefficient (Wildman–Crippen LogP) is 3.91. The Morgan fingerprint density at radius 1 is 1.14 bits per heavy atom. The van der Waals surface area contributed by atoms with Gasteiger partial charge in [-0.3, -0.25) is 0 Å². The number of halogens is 1. The van der Waals surface area contributed by atoms with Crippen molar-refractivity contribution in [3.63, 3.8) is 0 Å². The van der Waals surface area contributed by atoms with E-state index in [0.717, 1.165) is 5.69 Å². The summed E-state index contributed by atoms with van der Waals surface area (Å²) in [7, 11) is 0. The number of aliphatic hydroxyl groups excluding tert-OH is 1. The Bertz CT molecular complexity index is 648. The van der Waals surface area contributed by atoms with Crippen LogP contribution in [-0.2, 0) is 0 Å². The Morgan fingerprint density at radius 3 is 2.38 bits per heavy atom. The lowest BCUT2D eigenvalue weighted by Gasteiger charge is -2.14. The Kier molecular flexibility index (Phi) is 5.01. The summed E-state index contributed by atoms with van der Waals surface area (Å²) in [6.45, 7) is 1.55. The van der Waals surface area contributed by atoms with E-state index in [0.29, 0.717) is 16.4 Å². The van der Waals surface area contributed by atoms with E-state index in [1.54, 1.807) is 19.1 Å². The zero-order valence-corrected chi connectivity index (χ0v) is 12.9. The second-order valence-corrected chi connectivity index (χ2v) is 5.33. The molecule has 0 amide bonds. The monoisotopic (exact) mass is 322 g/mol. The Morgan fingerprint density at radius 2 is 1.76 bits per heavy atom. The lowest BCUT2D eigenvalue weighted by Crippen LogP contribution is -2.19. The van der Waals surface area contributed by atoms with Crippen LogP contribution in [-0.4, -0.2) is 15.3 Å². The summed E-state index contributed by atoms with van der Waals surface area (Å²) in [4.78, 5) is 0. The molecule has 2 aromatic rings. The number of aliphatic hydroxyl groups is 1. The molecule has 110 valence electrons. The van der Waals surface area contributed by atoms with Gasteiger partial charge in [-0.25, -0.2) is 0 Å². The summed E-state index contributed by atoms with van der Waals surface area (Å²) in [5.74, 6) is -0.126. The summed E-state index contributed by atoms with van der Waals surface area (Å²) < 4.78 is 0. The van der Waals surface area contributed by atoms with Crippen LogP contribution >= 0.6 is 23.8 Å². The summed E-state index contributed by atoms with van der Waals surface area (Å²) in [6.07, 6.45) is -0.833. The molecule has 0 radical (unpaired) electrons. The molecule has 0 aromatic heterocycles. The molecule has 1 unspecified atom stereocenters. The molecule has 1 atom stereocenters. The van der Waals surface area contributed by atoms with E-state index in [4.69, 9.17) is 23.8 Å². The summed E-state index contributed by atoms with van der Waals surface area (Å²) in [5.41, 5.74) is 1.78. The summed E-state index contributed by atoms with van der Waals surface area (Å²) >= 11 is 11.2. The van der Waals surface area contributed by atoms with Gasteiger partial charge in [-0.2, -0.15) is 0 Å². The average Bonchev–Trinajstić information content (AvgIpc) is 2.43. The first kappa shape index (κ1) is 15.6. The van der Waals surface area contributed by atoms with Crippen molar-refractivity contribution in [2.45, 2.75) is 13.0 Å². The lowest BCUT2D eigenvalue weighted by atomic mass is 10.1. The molecule has 0 aliphatic rings. The van der Waals surface area contributed by atoms with E-state index in [1.807, 2.05) is 30.3 Å². The highest BCUT2D eigenvalue weighted by atomic mass is 35.5. The van der Waals surface area contributed by atoms with Crippen molar-refractivity contribution in [1.82, 2.24) is 0 Å². The number of rotatable bonds is 3. The first-order valence-corrected chi connectivity index (χ1v) is 7.09. The van der Waals surface area contributed by atoms with Gasteiger partial charge in [0.25, 0.3) is 0 Å². The summed E-state index contributed by atoms with van der Waals surface area (Å²) in [6, 6.07) is 12.6. The largest absolute Gasteiger partial charge is 0.506 e. The number of phenolic OH excluding ortho intramolecular Hbond substituents is 1. The van der Waals surface area contributed by atoms with Gasteiger partial charge in [0.2, 0.25) is 0 Å². The minimum absolute atomic E-state index is 0.126. The molecule has 0 saturated heterocycles. The molecule has 2 aromatic carbocycles. The van der Waals surface area contributed by atoms with E-state index in [1.165, 1.54) is 0 Å². The fourth-order valence-electron chi connectivity index (χ4n) is 1.83. The molecule has 0 heterocycles. The fourth-order valence-corrected chi connectivity index (χ4v) is 2.29. The third kappa shape index (κ3) is 4.07. The Hall–Kier alpha value is -1.82. The van der Waals surface area contributed by atoms with E-state index in [2.05, 4.69) is 10.6 Å². The third-order valence-corrected chi connectivity index (χ3v) is 3.32. The van der Waals surface area contributed by atoms with Crippen LogP contribution in [0.25, 0.3) is 0 Å². The number of hydrogen-bond donors (Lipinski definition) is 4. The fraction of sp³-hybridized carbons (Fsp3) is 0.133. The van der Waals surface area contributed by atoms with Crippen LogP contribution in [0, 0.1) is 0 Å². The zero-order chi connectivity index (χ0) is 15.4. The topological polar surface area (TPSA) is 64.5 Å². The number of phenols is 1. The van der Waals surface area contributed by atoms with Gasteiger partial charge >= 0.3 is 0 Å². The van der Waals surface area contributed by atoms with Gasteiger partial charge in [-0.1, -0.05) is 29.8 Å². The van der Waals surface area contributed by atoms with Crippen LogP contribution in [0.5, 0.6) is 5.75 Å². The minimum Gasteiger partial charge on any atom is -0.506 e. The van der Waals surface area contributed by atoms with Crippen molar-refractivity contribution in [2.24, 2.45) is 0 Å². The highest BCUT2D eigenvalue weighted by molar-refractivity contribution is 7.80. The number of anilines is 2. The van der Waals surface area contributed by atoms with Crippen molar-refractivity contribution in [3.05, 3.63) is 53.1 Å². The van der Waals surface area contributed by atoms with Gasteiger partial charge in [0, 0.05) is 16.9 Å². The molecule has 4 N–H and O–H groups in total. The van der Waals surface area contributed by atoms with Crippen molar-refractivity contribution in [1.29, 1.82) is 0 Å². The molecule has 0 aliphatic carbocycles. The quantitative estimate of drug-likeness (QED) is 0.510. The van der Waals surface area contributed by atoms with Gasteiger partial charge in [0.1, 0.15) is 5.75 Å². The molecule has 4 nitrogen and oxygen atoms in total. The van der Waals surface area contributed by atoms with Gasteiger partial charge in [-0.05, 0) is 43.4 Å². The third-order valence-electron chi connectivity index (χ3n) is 2.83. The maximum absolute atomic E-state index is 9.79. The highest BCUT2D eigenvalue weighted by Crippen LogP contribution is 2.34. The number of nitrogens with one attached hydrogen (secondary N) is 2. The first-order chi connectivity index (χ1) is 9.97. The maximum atomic E-state index is 9.79. The Labute approximate surface area is 133 Å². The molecule has 0 aliphatic heterocycles. The Balaban J connectivity index is 2.14. The van der Waals surface area contributed by atoms with Crippen LogP contribution in [0.1, 0.15) is 18.6 Å². The van der Waals surface area contributed by atoms with E-state index < -0.39 is 6.10 Å². The van der Waals surface area contributed by atoms with Crippen molar-refractivity contribution in [2.75, 3.05) is 10.6 Å². The van der Waals surface area contributed by atoms with Gasteiger partial charge in [0.15, 0.2) is 5.11 Å². The normalized spacial score (nSPS) is 11.8. The molecule has 6 heteroatoms. The molecule has 2 rings (SSSR count). The van der Waals surface area contributed by atoms with Crippen LogP contribution in [0.3, 0.4) is 0 Å². The van der Waals surface area contributed by atoms with Gasteiger partial charge < -0.3 is 20.8 Å². The van der Waals surface area contributed by atoms with Gasteiger partial charge in [0.05, 0.1) is 11.1 Å². The van der Waals surface area contributed by atoms with Crippen LogP contribution < -0.4 is 10.6 Å². The average molecular weight is 323 g/mol. The zero-order valence-electron chi connectivity index (χ0n) is 11.3. The number of aromatic hydroxyl groups is 1. The second-order valence-electron chi connectivity index (χ2n) is 4.52. The molecule has 0 bridgehead atoms. The minimum atomic E-state index is -0.833. The second kappa shape index (κ2) is 6.76. The highest BCUT2D eigenvalue weighted by Gasteiger charge is 2.13.